The van der Waals surface area contributed by atoms with Gasteiger partial charge in [-0.25, -0.2) is 0 Å². The molecule has 0 amide bonds. The van der Waals surface area contributed by atoms with Crippen molar-refractivity contribution in [3.8, 4) is 0 Å². The number of hydrogen-bond acceptors (Lipinski definition) is 3. The smallest absolute Gasteiger partial charge is 0.0208 e. The van der Waals surface area contributed by atoms with E-state index in [1.165, 1.54) is 41.2 Å². The molecular weight excluding hydrogens is 246 g/mol. The summed E-state index contributed by atoms with van der Waals surface area (Å²) in [6.07, 6.45) is 6.20. The van der Waals surface area contributed by atoms with Crippen molar-refractivity contribution in [2.45, 2.75) is 36.7 Å². The van der Waals surface area contributed by atoms with Crippen molar-refractivity contribution in [3.63, 3.8) is 0 Å². The molecule has 0 atom stereocenters. The van der Waals surface area contributed by atoms with E-state index in [1.807, 2.05) is 23.5 Å². The van der Waals surface area contributed by atoms with Crippen LogP contribution in [0.25, 0.3) is 0 Å². The van der Waals surface area contributed by atoms with Crippen LogP contribution in [0.5, 0.6) is 0 Å². The third-order valence-electron chi connectivity index (χ3n) is 2.86. The molecule has 1 nitrogen and oxygen atoms in total. The maximum Gasteiger partial charge on any atom is 0.0208 e. The molecule has 1 aromatic carbocycles. The van der Waals surface area contributed by atoms with Crippen molar-refractivity contribution >= 4 is 23.5 Å². The normalized spacial score (nSPS) is 15.1. The Hall–Kier alpha value is -0.120. The molecule has 2 rings (SSSR count). The number of hydrogen-bond donors (Lipinski definition) is 1. The van der Waals surface area contributed by atoms with E-state index in [0.29, 0.717) is 0 Å². The molecule has 0 aromatic heterocycles. The lowest BCUT2D eigenvalue weighted by atomic mass is 10.2. The van der Waals surface area contributed by atoms with E-state index in [2.05, 4.69) is 35.8 Å². The van der Waals surface area contributed by atoms with Crippen LogP contribution in [0.15, 0.2) is 29.2 Å². The highest BCUT2D eigenvalue weighted by Crippen LogP contribution is 2.21. The maximum absolute atomic E-state index is 3.54. The summed E-state index contributed by atoms with van der Waals surface area (Å²) in [7, 11) is 0. The van der Waals surface area contributed by atoms with Crippen LogP contribution in [0.3, 0.4) is 0 Å². The zero-order valence-electron chi connectivity index (χ0n) is 10.4. The fourth-order valence-corrected chi connectivity index (χ4v) is 3.12. The van der Waals surface area contributed by atoms with E-state index in [-0.39, 0.29) is 0 Å². The summed E-state index contributed by atoms with van der Waals surface area (Å²) in [5.41, 5.74) is 1.41. The number of thioether (sulfide) groups is 2. The lowest BCUT2D eigenvalue weighted by Gasteiger charge is -2.05. The van der Waals surface area contributed by atoms with Gasteiger partial charge in [0.05, 0.1) is 0 Å². The molecule has 0 heterocycles. The lowest BCUT2D eigenvalue weighted by Crippen LogP contribution is -2.14. The Kier molecular flexibility index (Phi) is 5.75. The van der Waals surface area contributed by atoms with E-state index in [0.717, 1.165) is 12.6 Å². The summed E-state index contributed by atoms with van der Waals surface area (Å²) < 4.78 is 0. The lowest BCUT2D eigenvalue weighted by molar-refractivity contribution is 0.687. The first-order valence-corrected chi connectivity index (χ1v) is 8.70. The van der Waals surface area contributed by atoms with Gasteiger partial charge in [-0.05, 0) is 54.7 Å². The summed E-state index contributed by atoms with van der Waals surface area (Å²) >= 11 is 3.90. The molecule has 1 aliphatic carbocycles. The fraction of sp³-hybridized carbons (Fsp3) is 0.571. The Labute approximate surface area is 113 Å². The SMILES string of the molecule is CSCCCSc1ccc(CNC2CC2)cc1. The van der Waals surface area contributed by atoms with Crippen LogP contribution in [0.4, 0.5) is 0 Å². The van der Waals surface area contributed by atoms with Gasteiger partial charge < -0.3 is 5.32 Å². The van der Waals surface area contributed by atoms with Gasteiger partial charge >= 0.3 is 0 Å². The van der Waals surface area contributed by atoms with Gasteiger partial charge in [0, 0.05) is 17.5 Å². The summed E-state index contributed by atoms with van der Waals surface area (Å²) in [6, 6.07) is 9.83. The Morgan fingerprint density at radius 1 is 1.18 bits per heavy atom. The minimum atomic E-state index is 0.801. The number of nitrogens with one attached hydrogen (secondary N) is 1. The van der Waals surface area contributed by atoms with Crippen molar-refractivity contribution in [3.05, 3.63) is 29.8 Å². The van der Waals surface area contributed by atoms with Gasteiger partial charge in [0.2, 0.25) is 0 Å². The molecule has 94 valence electrons. The van der Waals surface area contributed by atoms with Crippen LogP contribution < -0.4 is 5.32 Å². The van der Waals surface area contributed by atoms with Crippen LogP contribution in [-0.4, -0.2) is 23.8 Å². The van der Waals surface area contributed by atoms with Gasteiger partial charge in [-0.1, -0.05) is 12.1 Å². The summed E-state index contributed by atoms with van der Waals surface area (Å²) in [4.78, 5) is 1.40. The van der Waals surface area contributed by atoms with Crippen molar-refractivity contribution in [2.24, 2.45) is 0 Å². The summed E-state index contributed by atoms with van der Waals surface area (Å²) in [5, 5.41) is 3.54. The Morgan fingerprint density at radius 3 is 2.59 bits per heavy atom. The predicted molar refractivity (Wildman–Crippen MR) is 80.0 cm³/mol. The zero-order valence-corrected chi connectivity index (χ0v) is 12.1. The standard InChI is InChI=1S/C14H21NS2/c1-16-9-2-10-17-14-7-3-12(4-8-14)11-15-13-5-6-13/h3-4,7-8,13,15H,2,5-6,9-11H2,1H3. The number of rotatable bonds is 8. The van der Waals surface area contributed by atoms with E-state index in [9.17, 15) is 0 Å². The van der Waals surface area contributed by atoms with Gasteiger partial charge in [-0.2, -0.15) is 11.8 Å². The van der Waals surface area contributed by atoms with Crippen molar-refractivity contribution < 1.29 is 0 Å². The molecule has 0 aliphatic heterocycles. The van der Waals surface area contributed by atoms with Crippen molar-refractivity contribution in [2.75, 3.05) is 17.8 Å². The van der Waals surface area contributed by atoms with Gasteiger partial charge in [0.25, 0.3) is 0 Å². The first kappa shape index (κ1) is 13.3. The molecule has 0 radical (unpaired) electrons. The molecule has 1 saturated carbocycles. The predicted octanol–water partition coefficient (Wildman–Crippen LogP) is 3.78. The second-order valence-electron chi connectivity index (χ2n) is 4.49. The molecule has 1 aromatic rings. The first-order valence-electron chi connectivity index (χ1n) is 6.32. The third-order valence-corrected chi connectivity index (χ3v) is 4.65. The topological polar surface area (TPSA) is 12.0 Å². The van der Waals surface area contributed by atoms with Crippen LogP contribution >= 0.6 is 23.5 Å². The van der Waals surface area contributed by atoms with E-state index in [4.69, 9.17) is 0 Å². The number of benzene rings is 1. The molecular formula is C14H21NS2. The van der Waals surface area contributed by atoms with Gasteiger partial charge in [0.1, 0.15) is 0 Å². The minimum absolute atomic E-state index is 0.801. The molecule has 1 fully saturated rings. The summed E-state index contributed by atoms with van der Waals surface area (Å²) in [6.45, 7) is 1.03. The fourth-order valence-electron chi connectivity index (χ4n) is 1.65. The van der Waals surface area contributed by atoms with Gasteiger partial charge in [0.15, 0.2) is 0 Å². The van der Waals surface area contributed by atoms with Crippen LogP contribution in [0, 0.1) is 0 Å². The van der Waals surface area contributed by atoms with Crippen molar-refractivity contribution in [1.82, 2.24) is 5.32 Å². The van der Waals surface area contributed by atoms with Crippen LogP contribution in [0.1, 0.15) is 24.8 Å². The van der Waals surface area contributed by atoms with Crippen LogP contribution in [-0.2, 0) is 6.54 Å². The average Bonchev–Trinajstić information content (AvgIpc) is 3.18. The van der Waals surface area contributed by atoms with Crippen molar-refractivity contribution in [1.29, 1.82) is 0 Å². The van der Waals surface area contributed by atoms with Crippen LogP contribution in [0.2, 0.25) is 0 Å². The van der Waals surface area contributed by atoms with E-state index >= 15 is 0 Å². The molecule has 1 aliphatic rings. The monoisotopic (exact) mass is 267 g/mol. The summed E-state index contributed by atoms with van der Waals surface area (Å²) in [5.74, 6) is 2.51. The van der Waals surface area contributed by atoms with Gasteiger partial charge in [-0.15, -0.1) is 11.8 Å². The highest BCUT2D eigenvalue weighted by Gasteiger charge is 2.19. The molecule has 0 spiro atoms. The average molecular weight is 267 g/mol. The first-order chi connectivity index (χ1) is 8.38. The van der Waals surface area contributed by atoms with Gasteiger partial charge in [-0.3, -0.25) is 0 Å². The molecule has 0 bridgehead atoms. The largest absolute Gasteiger partial charge is 0.310 e. The van der Waals surface area contributed by atoms with E-state index < -0.39 is 0 Å². The molecule has 3 heteroatoms. The minimum Gasteiger partial charge on any atom is -0.310 e. The Balaban J connectivity index is 1.68. The Morgan fingerprint density at radius 2 is 1.94 bits per heavy atom. The van der Waals surface area contributed by atoms with E-state index in [1.54, 1.807) is 0 Å². The zero-order chi connectivity index (χ0) is 11.9. The third kappa shape index (κ3) is 5.36. The second kappa shape index (κ2) is 7.34. The quantitative estimate of drug-likeness (QED) is 0.568. The second-order valence-corrected chi connectivity index (χ2v) is 6.65. The molecule has 0 unspecified atom stereocenters. The Bertz CT molecular complexity index is 319. The molecule has 1 N–H and O–H groups in total. The highest BCUT2D eigenvalue weighted by molar-refractivity contribution is 7.99. The molecule has 0 saturated heterocycles. The highest BCUT2D eigenvalue weighted by atomic mass is 32.2. The maximum atomic E-state index is 3.54. The molecule has 17 heavy (non-hydrogen) atoms.